The Balaban J connectivity index is 1.72. The Morgan fingerprint density at radius 1 is 1.26 bits per heavy atom. The van der Waals surface area contributed by atoms with Gasteiger partial charge in [0, 0.05) is 12.6 Å². The van der Waals surface area contributed by atoms with Crippen LogP contribution in [0.25, 0.3) is 0 Å². The van der Waals surface area contributed by atoms with Gasteiger partial charge in [0.05, 0.1) is 18.1 Å². The summed E-state index contributed by atoms with van der Waals surface area (Å²) in [5.41, 5.74) is 0.934. The average Bonchev–Trinajstić information content (AvgIpc) is 2.86. The van der Waals surface area contributed by atoms with E-state index in [0.29, 0.717) is 13.0 Å². The maximum atomic E-state index is 11.8. The number of likely N-dealkylation sites (N-methyl/N-ethyl adjacent to an activating group) is 1. The summed E-state index contributed by atoms with van der Waals surface area (Å²) in [7, 11) is -1.30. The third kappa shape index (κ3) is 5.65. The minimum Gasteiger partial charge on any atom is -0.334 e. The minimum atomic E-state index is -2.99. The van der Waals surface area contributed by atoms with Gasteiger partial charge in [-0.3, -0.25) is 15.0 Å². The molecule has 0 radical (unpaired) electrons. The largest absolute Gasteiger partial charge is 0.334 e. The predicted octanol–water partition coefficient (Wildman–Crippen LogP) is 0.131. The average molecular weight is 339 g/mol. The van der Waals surface area contributed by atoms with Crippen molar-refractivity contribution in [1.82, 2.24) is 15.5 Å². The van der Waals surface area contributed by atoms with Gasteiger partial charge in [0.2, 0.25) is 5.91 Å². The lowest BCUT2D eigenvalue weighted by Crippen LogP contribution is -2.46. The molecule has 126 valence electrons. The molecule has 1 unspecified atom stereocenters. The highest BCUT2D eigenvalue weighted by Gasteiger charge is 2.31. The highest BCUT2D eigenvalue weighted by atomic mass is 32.2. The van der Waals surface area contributed by atoms with E-state index in [1.54, 1.807) is 11.9 Å². The summed E-state index contributed by atoms with van der Waals surface area (Å²) in [6.07, 6.45) is 0.520. The van der Waals surface area contributed by atoms with Gasteiger partial charge < -0.3 is 5.32 Å². The topological polar surface area (TPSA) is 95.6 Å². The highest BCUT2D eigenvalue weighted by molar-refractivity contribution is 7.91. The summed E-state index contributed by atoms with van der Waals surface area (Å²) in [6.45, 7) is 0.315. The molecule has 1 aromatic rings. The summed E-state index contributed by atoms with van der Waals surface area (Å²) < 4.78 is 22.9. The zero-order chi connectivity index (χ0) is 16.9. The number of sulfone groups is 1. The molecule has 0 spiro atoms. The van der Waals surface area contributed by atoms with Gasteiger partial charge in [-0.25, -0.2) is 13.2 Å². The molecule has 1 saturated heterocycles. The Labute approximate surface area is 136 Å². The quantitative estimate of drug-likeness (QED) is 0.795. The van der Waals surface area contributed by atoms with Crippen molar-refractivity contribution in [3.63, 3.8) is 0 Å². The van der Waals surface area contributed by atoms with Gasteiger partial charge in [-0.15, -0.1) is 0 Å². The number of rotatable bonds is 5. The number of benzene rings is 1. The number of amides is 3. The van der Waals surface area contributed by atoms with Crippen LogP contribution in [0.2, 0.25) is 0 Å². The zero-order valence-corrected chi connectivity index (χ0v) is 13.8. The molecule has 0 bridgehead atoms. The lowest BCUT2D eigenvalue weighted by atomic mass is 10.2. The van der Waals surface area contributed by atoms with Crippen LogP contribution in [0, 0.1) is 0 Å². The fourth-order valence-corrected chi connectivity index (χ4v) is 4.27. The molecule has 7 nitrogen and oxygen atoms in total. The van der Waals surface area contributed by atoms with Crippen LogP contribution in [-0.2, 0) is 21.2 Å². The van der Waals surface area contributed by atoms with Crippen molar-refractivity contribution in [2.75, 3.05) is 25.1 Å². The molecule has 1 aromatic carbocycles. The van der Waals surface area contributed by atoms with E-state index in [1.807, 2.05) is 30.3 Å². The van der Waals surface area contributed by atoms with Crippen molar-refractivity contribution in [1.29, 1.82) is 0 Å². The fourth-order valence-electron chi connectivity index (χ4n) is 2.47. The second-order valence-corrected chi connectivity index (χ2v) is 7.92. The third-order valence-electron chi connectivity index (χ3n) is 3.77. The van der Waals surface area contributed by atoms with Crippen LogP contribution in [-0.4, -0.2) is 56.4 Å². The first-order valence-corrected chi connectivity index (χ1v) is 9.20. The van der Waals surface area contributed by atoms with Gasteiger partial charge in [-0.2, -0.15) is 0 Å². The van der Waals surface area contributed by atoms with Crippen LogP contribution in [0.5, 0.6) is 0 Å². The molecule has 2 N–H and O–H groups in total. The van der Waals surface area contributed by atoms with E-state index in [-0.39, 0.29) is 24.1 Å². The first-order chi connectivity index (χ1) is 10.9. The third-order valence-corrected chi connectivity index (χ3v) is 5.52. The van der Waals surface area contributed by atoms with E-state index in [9.17, 15) is 18.0 Å². The maximum Gasteiger partial charge on any atom is 0.321 e. The van der Waals surface area contributed by atoms with Crippen LogP contribution >= 0.6 is 0 Å². The molecule has 0 saturated carbocycles. The Hall–Kier alpha value is -1.93. The lowest BCUT2D eigenvalue weighted by molar-refractivity contribution is -0.121. The molecule has 2 rings (SSSR count). The molecule has 0 aliphatic carbocycles. The molecular formula is C15H21N3O4S. The Morgan fingerprint density at radius 3 is 2.57 bits per heavy atom. The van der Waals surface area contributed by atoms with Crippen molar-refractivity contribution in [3.8, 4) is 0 Å². The van der Waals surface area contributed by atoms with Crippen molar-refractivity contribution >= 4 is 21.8 Å². The number of nitrogens with zero attached hydrogens (tertiary/aromatic N) is 1. The Bertz CT molecular complexity index is 661. The second kappa shape index (κ2) is 7.56. The molecule has 1 aliphatic heterocycles. The molecular weight excluding hydrogens is 318 g/mol. The zero-order valence-electron chi connectivity index (χ0n) is 13.0. The molecule has 23 heavy (non-hydrogen) atoms. The SMILES string of the molecule is CN(CC(=O)NC(=O)NCc1ccccc1)C1CCS(=O)(=O)C1. The van der Waals surface area contributed by atoms with Crippen LogP contribution in [0.4, 0.5) is 4.79 Å². The van der Waals surface area contributed by atoms with Gasteiger partial charge in [0.25, 0.3) is 0 Å². The standard InChI is InChI=1S/C15H21N3O4S/c1-18(13-7-8-23(21,22)11-13)10-14(19)17-15(20)16-9-12-5-3-2-4-6-12/h2-6,13H,7-11H2,1H3,(H2,16,17,19,20). The summed E-state index contributed by atoms with van der Waals surface area (Å²) >= 11 is 0. The number of hydrogen-bond donors (Lipinski definition) is 2. The molecule has 0 aromatic heterocycles. The van der Waals surface area contributed by atoms with Crippen molar-refractivity contribution < 1.29 is 18.0 Å². The molecule has 8 heteroatoms. The second-order valence-electron chi connectivity index (χ2n) is 5.69. The monoisotopic (exact) mass is 339 g/mol. The minimum absolute atomic E-state index is 0.0149. The number of imide groups is 1. The van der Waals surface area contributed by atoms with Crippen LogP contribution in [0.3, 0.4) is 0 Å². The number of urea groups is 1. The van der Waals surface area contributed by atoms with Gasteiger partial charge in [-0.05, 0) is 19.0 Å². The first kappa shape index (κ1) is 17.4. The van der Waals surface area contributed by atoms with Crippen LogP contribution in [0.1, 0.15) is 12.0 Å². The maximum absolute atomic E-state index is 11.8. The van der Waals surface area contributed by atoms with E-state index >= 15 is 0 Å². The Kier molecular flexibility index (Phi) is 5.73. The van der Waals surface area contributed by atoms with E-state index in [1.165, 1.54) is 0 Å². The van der Waals surface area contributed by atoms with E-state index in [2.05, 4.69) is 10.6 Å². The Morgan fingerprint density at radius 2 is 1.96 bits per heavy atom. The number of carbonyl (C=O) groups excluding carboxylic acids is 2. The number of carbonyl (C=O) groups is 2. The van der Waals surface area contributed by atoms with Gasteiger partial charge in [0.1, 0.15) is 0 Å². The first-order valence-electron chi connectivity index (χ1n) is 7.38. The van der Waals surface area contributed by atoms with Crippen molar-refractivity contribution in [2.24, 2.45) is 0 Å². The van der Waals surface area contributed by atoms with E-state index in [0.717, 1.165) is 5.56 Å². The highest BCUT2D eigenvalue weighted by Crippen LogP contribution is 2.15. The lowest BCUT2D eigenvalue weighted by Gasteiger charge is -2.22. The molecule has 1 fully saturated rings. The van der Waals surface area contributed by atoms with Crippen molar-refractivity contribution in [2.45, 2.75) is 19.0 Å². The number of nitrogens with one attached hydrogen (secondary N) is 2. The fraction of sp³-hybridized carbons (Fsp3) is 0.467. The molecule has 3 amide bonds. The van der Waals surface area contributed by atoms with Gasteiger partial charge in [-0.1, -0.05) is 30.3 Å². The smallest absolute Gasteiger partial charge is 0.321 e. The predicted molar refractivity (Wildman–Crippen MR) is 86.5 cm³/mol. The van der Waals surface area contributed by atoms with Gasteiger partial charge in [0.15, 0.2) is 9.84 Å². The summed E-state index contributed by atoms with van der Waals surface area (Å²) in [5.74, 6) is -0.236. The van der Waals surface area contributed by atoms with Crippen LogP contribution in [0.15, 0.2) is 30.3 Å². The van der Waals surface area contributed by atoms with Crippen LogP contribution < -0.4 is 10.6 Å². The number of hydrogen-bond acceptors (Lipinski definition) is 5. The van der Waals surface area contributed by atoms with E-state index < -0.39 is 21.8 Å². The summed E-state index contributed by atoms with van der Waals surface area (Å²) in [4.78, 5) is 25.2. The molecule has 1 aliphatic rings. The van der Waals surface area contributed by atoms with Gasteiger partial charge >= 0.3 is 6.03 Å². The molecule has 1 heterocycles. The summed E-state index contributed by atoms with van der Waals surface area (Å²) in [6, 6.07) is 8.62. The van der Waals surface area contributed by atoms with Crippen molar-refractivity contribution in [3.05, 3.63) is 35.9 Å². The van der Waals surface area contributed by atoms with E-state index in [4.69, 9.17) is 0 Å². The normalized spacial score (nSPS) is 19.5. The molecule has 1 atom stereocenters. The summed E-state index contributed by atoms with van der Waals surface area (Å²) in [5, 5.41) is 4.85.